The highest BCUT2D eigenvalue weighted by molar-refractivity contribution is 5.08. The van der Waals surface area contributed by atoms with E-state index in [1.165, 1.54) is 24.7 Å². The Balaban J connectivity index is 1.77. The van der Waals surface area contributed by atoms with E-state index in [0.717, 1.165) is 17.3 Å². The van der Waals surface area contributed by atoms with Crippen molar-refractivity contribution in [1.29, 1.82) is 0 Å². The number of hydrogen-bond acceptors (Lipinski definition) is 0. The summed E-state index contributed by atoms with van der Waals surface area (Å²) in [5, 5.41) is 0. The highest BCUT2D eigenvalue weighted by Crippen LogP contribution is 2.67. The normalized spacial score (nSPS) is 41.1. The van der Waals surface area contributed by atoms with E-state index < -0.39 is 0 Å². The van der Waals surface area contributed by atoms with Crippen molar-refractivity contribution in [2.75, 3.05) is 0 Å². The van der Waals surface area contributed by atoms with Gasteiger partial charge in [-0.2, -0.15) is 0 Å². The SMILES string of the molecule is CCC(CC)(C1CC1)C1CC2CCC21. The standard InChI is InChI=1S/C14H24/c1-3-14(4-2,11-6-7-11)13-9-10-5-8-12(10)13/h10-13H,3-9H2,1-2H3. The molecule has 0 nitrogen and oxygen atoms in total. The first-order chi connectivity index (χ1) is 6.81. The fourth-order valence-corrected chi connectivity index (χ4v) is 4.70. The first-order valence-electron chi connectivity index (χ1n) is 6.81. The van der Waals surface area contributed by atoms with Crippen LogP contribution >= 0.6 is 0 Å². The van der Waals surface area contributed by atoms with E-state index in [1.807, 2.05) is 0 Å². The molecule has 0 heterocycles. The average Bonchev–Trinajstić information content (AvgIpc) is 2.99. The van der Waals surface area contributed by atoms with Gasteiger partial charge < -0.3 is 0 Å². The van der Waals surface area contributed by atoms with Crippen LogP contribution in [0.1, 0.15) is 58.8 Å². The molecule has 0 aromatic rings. The Morgan fingerprint density at radius 1 is 1.00 bits per heavy atom. The van der Waals surface area contributed by atoms with Gasteiger partial charge in [-0.15, -0.1) is 0 Å². The largest absolute Gasteiger partial charge is 0.0648 e. The third-order valence-electron chi connectivity index (χ3n) is 6.00. The first kappa shape index (κ1) is 9.24. The van der Waals surface area contributed by atoms with Gasteiger partial charge in [-0.05, 0) is 74.0 Å². The first-order valence-corrected chi connectivity index (χ1v) is 6.81. The number of hydrogen-bond donors (Lipinski definition) is 0. The summed E-state index contributed by atoms with van der Waals surface area (Å²) in [6.07, 6.45) is 10.8. The van der Waals surface area contributed by atoms with Crippen LogP contribution in [0.2, 0.25) is 0 Å². The van der Waals surface area contributed by atoms with Gasteiger partial charge in [0.25, 0.3) is 0 Å². The van der Waals surface area contributed by atoms with E-state index in [-0.39, 0.29) is 0 Å². The topological polar surface area (TPSA) is 0 Å². The minimum Gasteiger partial charge on any atom is -0.0648 e. The molecule has 0 radical (unpaired) electrons. The Kier molecular flexibility index (Phi) is 1.98. The summed E-state index contributed by atoms with van der Waals surface area (Å²) in [4.78, 5) is 0. The Labute approximate surface area is 88.5 Å². The Hall–Kier alpha value is 0. The van der Waals surface area contributed by atoms with Gasteiger partial charge >= 0.3 is 0 Å². The summed E-state index contributed by atoms with van der Waals surface area (Å²) in [6, 6.07) is 0. The van der Waals surface area contributed by atoms with Crippen LogP contribution in [-0.2, 0) is 0 Å². The number of rotatable bonds is 4. The van der Waals surface area contributed by atoms with Crippen LogP contribution < -0.4 is 0 Å². The maximum Gasteiger partial charge on any atom is -0.0243 e. The van der Waals surface area contributed by atoms with Crippen molar-refractivity contribution in [2.24, 2.45) is 29.1 Å². The van der Waals surface area contributed by atoms with Gasteiger partial charge in [0.2, 0.25) is 0 Å². The number of fused-ring (bicyclic) bond motifs is 1. The Morgan fingerprint density at radius 2 is 1.71 bits per heavy atom. The van der Waals surface area contributed by atoms with E-state index >= 15 is 0 Å². The molecule has 0 saturated heterocycles. The maximum absolute atomic E-state index is 2.45. The lowest BCUT2D eigenvalue weighted by molar-refractivity contribution is -0.114. The van der Waals surface area contributed by atoms with Gasteiger partial charge in [0.15, 0.2) is 0 Å². The molecule has 3 unspecified atom stereocenters. The zero-order chi connectivity index (χ0) is 9.76. The van der Waals surface area contributed by atoms with Crippen molar-refractivity contribution in [3.63, 3.8) is 0 Å². The molecule has 0 N–H and O–H groups in total. The smallest absolute Gasteiger partial charge is 0.0243 e. The van der Waals surface area contributed by atoms with E-state index in [4.69, 9.17) is 0 Å². The maximum atomic E-state index is 2.45. The van der Waals surface area contributed by atoms with Gasteiger partial charge in [-0.3, -0.25) is 0 Å². The molecular formula is C14H24. The van der Waals surface area contributed by atoms with Gasteiger partial charge in [0.05, 0.1) is 0 Å². The predicted octanol–water partition coefficient (Wildman–Crippen LogP) is 4.25. The highest BCUT2D eigenvalue weighted by Gasteiger charge is 2.58. The molecule has 3 rings (SSSR count). The van der Waals surface area contributed by atoms with Crippen molar-refractivity contribution >= 4 is 0 Å². The second-order valence-corrected chi connectivity index (χ2v) is 6.06. The van der Waals surface area contributed by atoms with Crippen LogP contribution in [-0.4, -0.2) is 0 Å². The van der Waals surface area contributed by atoms with E-state index in [1.54, 1.807) is 32.1 Å². The summed E-state index contributed by atoms with van der Waals surface area (Å²) in [5.74, 6) is 4.62. The molecule has 0 bridgehead atoms. The average molecular weight is 192 g/mol. The van der Waals surface area contributed by atoms with Crippen LogP contribution in [0.4, 0.5) is 0 Å². The minimum atomic E-state index is 0.793. The third-order valence-corrected chi connectivity index (χ3v) is 6.00. The highest BCUT2D eigenvalue weighted by atomic mass is 14.6. The monoisotopic (exact) mass is 192 g/mol. The van der Waals surface area contributed by atoms with Crippen LogP contribution in [0.5, 0.6) is 0 Å². The summed E-state index contributed by atoms with van der Waals surface area (Å²) in [6.45, 7) is 4.90. The van der Waals surface area contributed by atoms with Gasteiger partial charge in [-0.25, -0.2) is 0 Å². The molecule has 0 heteroatoms. The van der Waals surface area contributed by atoms with Crippen molar-refractivity contribution in [1.82, 2.24) is 0 Å². The summed E-state index contributed by atoms with van der Waals surface area (Å²) in [7, 11) is 0. The molecular weight excluding hydrogens is 168 g/mol. The molecule has 3 atom stereocenters. The molecule has 3 saturated carbocycles. The van der Waals surface area contributed by atoms with Crippen molar-refractivity contribution in [3.8, 4) is 0 Å². The van der Waals surface area contributed by atoms with Crippen LogP contribution in [0.25, 0.3) is 0 Å². The third kappa shape index (κ3) is 1.01. The summed E-state index contributed by atoms with van der Waals surface area (Å²) >= 11 is 0. The Bertz CT molecular complexity index is 222. The van der Waals surface area contributed by atoms with E-state index in [9.17, 15) is 0 Å². The van der Waals surface area contributed by atoms with Gasteiger partial charge in [0, 0.05) is 0 Å². The molecule has 0 aliphatic heterocycles. The zero-order valence-corrected chi connectivity index (χ0v) is 9.76. The van der Waals surface area contributed by atoms with Crippen LogP contribution in [0.3, 0.4) is 0 Å². The quantitative estimate of drug-likeness (QED) is 0.624. The lowest BCUT2D eigenvalue weighted by atomic mass is 9.44. The van der Waals surface area contributed by atoms with E-state index in [0.29, 0.717) is 0 Å². The fourth-order valence-electron chi connectivity index (χ4n) is 4.70. The van der Waals surface area contributed by atoms with Gasteiger partial charge in [-0.1, -0.05) is 13.8 Å². The minimum absolute atomic E-state index is 0.793. The fraction of sp³-hybridized carbons (Fsp3) is 1.00. The zero-order valence-electron chi connectivity index (χ0n) is 9.76. The van der Waals surface area contributed by atoms with Crippen molar-refractivity contribution in [3.05, 3.63) is 0 Å². The summed E-state index contributed by atoms with van der Waals surface area (Å²) < 4.78 is 0. The molecule has 80 valence electrons. The molecule has 0 aromatic carbocycles. The molecule has 0 amide bonds. The molecule has 3 aliphatic carbocycles. The van der Waals surface area contributed by atoms with Crippen molar-refractivity contribution < 1.29 is 0 Å². The lowest BCUT2D eigenvalue weighted by Crippen LogP contribution is -2.53. The molecule has 14 heavy (non-hydrogen) atoms. The second-order valence-electron chi connectivity index (χ2n) is 6.06. The molecule has 3 aliphatic rings. The second kappa shape index (κ2) is 3.00. The summed E-state index contributed by atoms with van der Waals surface area (Å²) in [5.41, 5.74) is 0.793. The van der Waals surface area contributed by atoms with Gasteiger partial charge in [0.1, 0.15) is 0 Å². The van der Waals surface area contributed by atoms with E-state index in [2.05, 4.69) is 13.8 Å². The molecule has 3 fully saturated rings. The van der Waals surface area contributed by atoms with Crippen LogP contribution in [0.15, 0.2) is 0 Å². The van der Waals surface area contributed by atoms with Crippen LogP contribution in [0, 0.1) is 29.1 Å². The lowest BCUT2D eigenvalue weighted by Gasteiger charge is -2.61. The Morgan fingerprint density at radius 3 is 2.00 bits per heavy atom. The predicted molar refractivity (Wildman–Crippen MR) is 60.1 cm³/mol. The molecule has 0 spiro atoms. The van der Waals surface area contributed by atoms with Crippen molar-refractivity contribution in [2.45, 2.75) is 58.8 Å². The molecule has 0 aromatic heterocycles.